The van der Waals surface area contributed by atoms with Crippen molar-refractivity contribution >= 4 is 17.3 Å². The highest BCUT2D eigenvalue weighted by atomic mass is 16.6. The number of nitrogens with zero attached hydrogens (tertiary/aromatic N) is 2. The van der Waals surface area contributed by atoms with Crippen molar-refractivity contribution < 1.29 is 18.9 Å². The van der Waals surface area contributed by atoms with Crippen LogP contribution in [0.1, 0.15) is 28.0 Å². The van der Waals surface area contributed by atoms with Crippen LogP contribution in [0.2, 0.25) is 0 Å². The third-order valence-electron chi connectivity index (χ3n) is 3.91. The zero-order valence-corrected chi connectivity index (χ0v) is 13.1. The van der Waals surface area contributed by atoms with E-state index in [1.54, 1.807) is 4.90 Å². The monoisotopic (exact) mass is 331 g/mol. The second kappa shape index (κ2) is 6.32. The van der Waals surface area contributed by atoms with Gasteiger partial charge in [-0.2, -0.15) is 0 Å². The molecule has 0 aliphatic carbocycles. The summed E-state index contributed by atoms with van der Waals surface area (Å²) in [5.41, 5.74) is 5.99. The Morgan fingerprint density at radius 1 is 1.38 bits per heavy atom. The van der Waals surface area contributed by atoms with Crippen molar-refractivity contribution in [3.8, 4) is 0 Å². The number of non-ortho nitro benzene ring substituents is 1. The summed E-state index contributed by atoms with van der Waals surface area (Å²) in [6, 6.07) is 7.51. The molecular formula is C16H17N3O5. The molecule has 24 heavy (non-hydrogen) atoms. The normalized spacial score (nSPS) is 17.7. The number of carbonyl (C=O) groups excluding carboxylic acids is 1. The number of morpholine rings is 1. The Balaban J connectivity index is 1.82. The molecule has 1 fully saturated rings. The van der Waals surface area contributed by atoms with E-state index in [0.717, 1.165) is 5.76 Å². The van der Waals surface area contributed by atoms with Gasteiger partial charge in [0.15, 0.2) is 0 Å². The predicted molar refractivity (Wildman–Crippen MR) is 85.6 cm³/mol. The Morgan fingerprint density at radius 3 is 2.83 bits per heavy atom. The highest BCUT2D eigenvalue weighted by Crippen LogP contribution is 2.27. The van der Waals surface area contributed by atoms with Crippen LogP contribution in [0.15, 0.2) is 34.7 Å². The second-order valence-electron chi connectivity index (χ2n) is 5.59. The van der Waals surface area contributed by atoms with Crippen LogP contribution in [0.4, 0.5) is 11.4 Å². The number of amides is 1. The van der Waals surface area contributed by atoms with Gasteiger partial charge in [0.1, 0.15) is 17.6 Å². The van der Waals surface area contributed by atoms with Crippen LogP contribution in [0.3, 0.4) is 0 Å². The maximum Gasteiger partial charge on any atom is 0.270 e. The lowest BCUT2D eigenvalue weighted by Gasteiger charge is -2.32. The molecule has 8 nitrogen and oxygen atoms in total. The summed E-state index contributed by atoms with van der Waals surface area (Å²) in [6.07, 6.45) is -0.365. The number of ether oxygens (including phenoxy) is 1. The Hall–Kier alpha value is -2.87. The van der Waals surface area contributed by atoms with Gasteiger partial charge in [-0.3, -0.25) is 14.9 Å². The van der Waals surface area contributed by atoms with Gasteiger partial charge >= 0.3 is 0 Å². The van der Waals surface area contributed by atoms with Crippen LogP contribution in [-0.2, 0) is 4.74 Å². The summed E-state index contributed by atoms with van der Waals surface area (Å²) >= 11 is 0. The Labute approximate surface area is 137 Å². The van der Waals surface area contributed by atoms with E-state index in [1.807, 2.05) is 19.1 Å². The van der Waals surface area contributed by atoms with Crippen molar-refractivity contribution in [1.29, 1.82) is 0 Å². The SMILES string of the molecule is Cc1ccc([C@@H]2CN(C(=O)c3cc([N+](=O)[O-])ccc3N)CCO2)o1. The van der Waals surface area contributed by atoms with Gasteiger partial charge in [-0.25, -0.2) is 0 Å². The van der Waals surface area contributed by atoms with Crippen molar-refractivity contribution in [2.24, 2.45) is 0 Å². The largest absolute Gasteiger partial charge is 0.464 e. The summed E-state index contributed by atoms with van der Waals surface area (Å²) in [5.74, 6) is 1.06. The molecule has 126 valence electrons. The van der Waals surface area contributed by atoms with Crippen LogP contribution in [-0.4, -0.2) is 35.4 Å². The minimum Gasteiger partial charge on any atom is -0.464 e. The van der Waals surface area contributed by atoms with E-state index in [4.69, 9.17) is 14.9 Å². The molecule has 2 N–H and O–H groups in total. The first-order valence-electron chi connectivity index (χ1n) is 7.47. The highest BCUT2D eigenvalue weighted by molar-refractivity contribution is 5.99. The fourth-order valence-electron chi connectivity index (χ4n) is 2.65. The molecule has 0 radical (unpaired) electrons. The maximum atomic E-state index is 12.7. The van der Waals surface area contributed by atoms with E-state index >= 15 is 0 Å². The summed E-state index contributed by atoms with van der Waals surface area (Å²) < 4.78 is 11.2. The number of hydrogen-bond acceptors (Lipinski definition) is 6. The Morgan fingerprint density at radius 2 is 2.17 bits per heavy atom. The maximum absolute atomic E-state index is 12.7. The zero-order chi connectivity index (χ0) is 17.3. The molecule has 3 rings (SSSR count). The van der Waals surface area contributed by atoms with Gasteiger partial charge in [-0.1, -0.05) is 0 Å². The second-order valence-corrected chi connectivity index (χ2v) is 5.59. The lowest BCUT2D eigenvalue weighted by molar-refractivity contribution is -0.384. The van der Waals surface area contributed by atoms with Crippen molar-refractivity contribution in [2.45, 2.75) is 13.0 Å². The van der Waals surface area contributed by atoms with E-state index in [2.05, 4.69) is 0 Å². The molecule has 1 aliphatic rings. The van der Waals surface area contributed by atoms with E-state index in [9.17, 15) is 14.9 Å². The number of nitro groups is 1. The van der Waals surface area contributed by atoms with Gasteiger partial charge in [0.2, 0.25) is 0 Å². The average Bonchev–Trinajstić information content (AvgIpc) is 3.01. The average molecular weight is 331 g/mol. The number of carbonyl (C=O) groups is 1. The van der Waals surface area contributed by atoms with Gasteiger partial charge in [-0.15, -0.1) is 0 Å². The highest BCUT2D eigenvalue weighted by Gasteiger charge is 2.29. The zero-order valence-electron chi connectivity index (χ0n) is 13.1. The molecule has 1 amide bonds. The van der Waals surface area contributed by atoms with Gasteiger partial charge in [0, 0.05) is 24.4 Å². The molecule has 1 aromatic carbocycles. The lowest BCUT2D eigenvalue weighted by atomic mass is 10.1. The molecule has 2 aromatic rings. The van der Waals surface area contributed by atoms with Gasteiger partial charge in [-0.05, 0) is 25.1 Å². The quantitative estimate of drug-likeness (QED) is 0.524. The molecule has 2 heterocycles. The fraction of sp³-hybridized carbons (Fsp3) is 0.312. The van der Waals surface area contributed by atoms with Gasteiger partial charge < -0.3 is 19.8 Å². The van der Waals surface area contributed by atoms with Crippen molar-refractivity contribution in [3.05, 3.63) is 57.5 Å². The molecule has 0 spiro atoms. The molecule has 0 saturated carbocycles. The van der Waals surface area contributed by atoms with Crippen molar-refractivity contribution in [1.82, 2.24) is 4.90 Å². The number of nitrogen functional groups attached to an aromatic ring is 1. The van der Waals surface area contributed by atoms with E-state index in [-0.39, 0.29) is 28.9 Å². The molecule has 1 atom stereocenters. The summed E-state index contributed by atoms with van der Waals surface area (Å²) in [5, 5.41) is 10.9. The van der Waals surface area contributed by atoms with Crippen LogP contribution in [0.5, 0.6) is 0 Å². The topological polar surface area (TPSA) is 112 Å². The molecule has 1 saturated heterocycles. The van der Waals surface area contributed by atoms with E-state index in [0.29, 0.717) is 25.5 Å². The third kappa shape index (κ3) is 3.09. The summed E-state index contributed by atoms with van der Waals surface area (Å²) in [4.78, 5) is 24.6. The van der Waals surface area contributed by atoms with E-state index in [1.165, 1.54) is 18.2 Å². The van der Waals surface area contributed by atoms with Crippen molar-refractivity contribution in [2.75, 3.05) is 25.4 Å². The summed E-state index contributed by atoms with van der Waals surface area (Å²) in [6.45, 7) is 2.87. The van der Waals surface area contributed by atoms with Crippen LogP contribution >= 0.6 is 0 Å². The minimum absolute atomic E-state index is 0.125. The standard InChI is InChI=1S/C16H17N3O5/c1-10-2-5-14(24-10)15-9-18(6-7-23-15)16(20)12-8-11(19(21)22)3-4-13(12)17/h2-5,8,15H,6-7,9,17H2,1H3/t15-/m0/s1. The molecular weight excluding hydrogens is 314 g/mol. The number of hydrogen-bond donors (Lipinski definition) is 1. The van der Waals surface area contributed by atoms with Gasteiger partial charge in [0.25, 0.3) is 11.6 Å². The number of rotatable bonds is 3. The van der Waals surface area contributed by atoms with Crippen molar-refractivity contribution in [3.63, 3.8) is 0 Å². The third-order valence-corrected chi connectivity index (χ3v) is 3.91. The molecule has 1 aliphatic heterocycles. The molecule has 1 aromatic heterocycles. The summed E-state index contributed by atoms with van der Waals surface area (Å²) in [7, 11) is 0. The number of anilines is 1. The number of aryl methyl sites for hydroxylation is 1. The van der Waals surface area contributed by atoms with E-state index < -0.39 is 4.92 Å². The number of furan rings is 1. The minimum atomic E-state index is -0.552. The van der Waals surface area contributed by atoms with Crippen LogP contribution in [0, 0.1) is 17.0 Å². The smallest absolute Gasteiger partial charge is 0.270 e. The first kappa shape index (κ1) is 16.0. The Kier molecular flexibility index (Phi) is 4.22. The first-order chi connectivity index (χ1) is 11.5. The molecule has 0 bridgehead atoms. The number of nitro benzene ring substituents is 1. The number of benzene rings is 1. The fourth-order valence-corrected chi connectivity index (χ4v) is 2.65. The number of nitrogens with two attached hydrogens (primary N) is 1. The Bertz CT molecular complexity index is 786. The molecule has 0 unspecified atom stereocenters. The van der Waals surface area contributed by atoms with Crippen LogP contribution < -0.4 is 5.73 Å². The van der Waals surface area contributed by atoms with Crippen LogP contribution in [0.25, 0.3) is 0 Å². The first-order valence-corrected chi connectivity index (χ1v) is 7.47. The molecule has 8 heteroatoms. The van der Waals surface area contributed by atoms with Gasteiger partial charge in [0.05, 0.1) is 23.6 Å². The lowest BCUT2D eigenvalue weighted by Crippen LogP contribution is -2.42. The predicted octanol–water partition coefficient (Wildman–Crippen LogP) is 2.29.